The first-order valence-corrected chi connectivity index (χ1v) is 9.97. The first kappa shape index (κ1) is 24.7. The van der Waals surface area contributed by atoms with Crippen molar-refractivity contribution in [2.75, 3.05) is 13.1 Å². The molecular formula is C23H29IN4O3. The van der Waals surface area contributed by atoms with E-state index in [4.69, 9.17) is 9.15 Å². The minimum absolute atomic E-state index is 0. The van der Waals surface area contributed by atoms with Gasteiger partial charge in [0.25, 0.3) is 0 Å². The predicted molar refractivity (Wildman–Crippen MR) is 132 cm³/mol. The molecule has 0 spiro atoms. The molecule has 1 aromatic carbocycles. The molecule has 0 aliphatic carbocycles. The monoisotopic (exact) mass is 536 g/mol. The van der Waals surface area contributed by atoms with Crippen LogP contribution in [0.2, 0.25) is 0 Å². The Balaban J connectivity index is 0.00000341. The topological polar surface area (TPSA) is 91.9 Å². The summed E-state index contributed by atoms with van der Waals surface area (Å²) in [6, 6.07) is 17.1. The maximum atomic E-state index is 10.6. The molecule has 0 amide bonds. The van der Waals surface area contributed by atoms with Gasteiger partial charge in [-0.1, -0.05) is 18.2 Å². The van der Waals surface area contributed by atoms with Crippen molar-refractivity contribution < 1.29 is 14.3 Å². The molecule has 2 heterocycles. The number of pyridine rings is 1. The fourth-order valence-electron chi connectivity index (χ4n) is 2.81. The van der Waals surface area contributed by atoms with E-state index >= 15 is 0 Å². The van der Waals surface area contributed by atoms with E-state index in [0.717, 1.165) is 17.0 Å². The van der Waals surface area contributed by atoms with Gasteiger partial charge in [-0.2, -0.15) is 0 Å². The highest BCUT2D eigenvalue weighted by Gasteiger charge is 2.26. The normalized spacial score (nSPS) is 13.1. The molecule has 7 nitrogen and oxygen atoms in total. The molecule has 8 heteroatoms. The number of halogens is 1. The van der Waals surface area contributed by atoms with Gasteiger partial charge in [-0.15, -0.1) is 24.0 Å². The summed E-state index contributed by atoms with van der Waals surface area (Å²) < 4.78 is 11.2. The summed E-state index contributed by atoms with van der Waals surface area (Å²) in [7, 11) is 0. The van der Waals surface area contributed by atoms with E-state index in [-0.39, 0.29) is 30.5 Å². The van der Waals surface area contributed by atoms with Gasteiger partial charge < -0.3 is 24.9 Å². The molecule has 0 saturated carbocycles. The Morgan fingerprint density at radius 1 is 1.16 bits per heavy atom. The zero-order valence-electron chi connectivity index (χ0n) is 17.7. The first-order valence-electron chi connectivity index (χ1n) is 9.97. The van der Waals surface area contributed by atoms with Gasteiger partial charge in [0, 0.05) is 12.7 Å². The summed E-state index contributed by atoms with van der Waals surface area (Å²) >= 11 is 0. The lowest BCUT2D eigenvalue weighted by Gasteiger charge is -2.22. The number of benzene rings is 1. The zero-order valence-corrected chi connectivity index (χ0v) is 20.1. The second-order valence-corrected chi connectivity index (χ2v) is 7.06. The molecule has 166 valence electrons. The van der Waals surface area contributed by atoms with Crippen LogP contribution in [0, 0.1) is 0 Å². The molecule has 0 aliphatic heterocycles. The average molecular weight is 536 g/mol. The molecule has 1 unspecified atom stereocenters. The molecule has 1 atom stereocenters. The van der Waals surface area contributed by atoms with Crippen molar-refractivity contribution in [1.29, 1.82) is 0 Å². The Morgan fingerprint density at radius 2 is 2.03 bits per heavy atom. The number of aliphatic hydroxyl groups is 1. The van der Waals surface area contributed by atoms with Crippen molar-refractivity contribution >= 4 is 29.9 Å². The van der Waals surface area contributed by atoms with Crippen molar-refractivity contribution in [3.8, 4) is 5.75 Å². The van der Waals surface area contributed by atoms with Crippen molar-refractivity contribution in [3.63, 3.8) is 0 Å². The molecule has 0 aliphatic rings. The smallest absolute Gasteiger partial charge is 0.191 e. The number of ether oxygens (including phenoxy) is 1. The van der Waals surface area contributed by atoms with Gasteiger partial charge in [0.15, 0.2) is 5.96 Å². The molecule has 0 fully saturated rings. The maximum absolute atomic E-state index is 10.6. The average Bonchev–Trinajstić information content (AvgIpc) is 3.31. The second-order valence-electron chi connectivity index (χ2n) is 7.06. The van der Waals surface area contributed by atoms with Gasteiger partial charge in [-0.3, -0.25) is 4.98 Å². The summed E-state index contributed by atoms with van der Waals surface area (Å²) in [6.45, 7) is 5.55. The lowest BCUT2D eigenvalue weighted by Crippen LogP contribution is -2.44. The number of nitrogens with one attached hydrogen (secondary N) is 2. The number of hydrogen-bond donors (Lipinski definition) is 3. The molecule has 2 aromatic heterocycles. The quantitative estimate of drug-likeness (QED) is 0.219. The highest BCUT2D eigenvalue weighted by Crippen LogP contribution is 2.20. The number of hydrogen-bond acceptors (Lipinski definition) is 5. The number of guanidine groups is 1. The van der Waals surface area contributed by atoms with Crippen LogP contribution in [0.15, 0.2) is 76.5 Å². The van der Waals surface area contributed by atoms with E-state index in [2.05, 4.69) is 20.6 Å². The van der Waals surface area contributed by atoms with E-state index in [1.807, 2.05) is 49.4 Å². The minimum atomic E-state index is -1.14. The van der Waals surface area contributed by atoms with Gasteiger partial charge in [0.2, 0.25) is 0 Å². The third-order valence-corrected chi connectivity index (χ3v) is 4.43. The number of nitrogens with zero attached hydrogens (tertiary/aromatic N) is 2. The predicted octanol–water partition coefficient (Wildman–Crippen LogP) is 3.83. The molecule has 0 radical (unpaired) electrons. The lowest BCUT2D eigenvalue weighted by molar-refractivity contribution is 0.0386. The van der Waals surface area contributed by atoms with Crippen LogP contribution in [0.25, 0.3) is 0 Å². The maximum Gasteiger partial charge on any atom is 0.191 e. The molecule has 3 rings (SSSR count). The molecule has 3 N–H and O–H groups in total. The fourth-order valence-corrected chi connectivity index (χ4v) is 2.81. The van der Waals surface area contributed by atoms with E-state index in [1.165, 1.54) is 0 Å². The summed E-state index contributed by atoms with van der Waals surface area (Å²) in [4.78, 5) is 8.88. The van der Waals surface area contributed by atoms with Gasteiger partial charge in [-0.25, -0.2) is 4.99 Å². The largest absolute Gasteiger partial charge is 0.487 e. The van der Waals surface area contributed by atoms with Crippen molar-refractivity contribution in [2.45, 2.75) is 32.6 Å². The molecule has 31 heavy (non-hydrogen) atoms. The van der Waals surface area contributed by atoms with E-state index in [0.29, 0.717) is 31.4 Å². The van der Waals surface area contributed by atoms with Crippen LogP contribution < -0.4 is 15.4 Å². The van der Waals surface area contributed by atoms with Crippen LogP contribution in [0.4, 0.5) is 0 Å². The second kappa shape index (κ2) is 12.3. The van der Waals surface area contributed by atoms with Gasteiger partial charge >= 0.3 is 0 Å². The van der Waals surface area contributed by atoms with E-state index in [9.17, 15) is 5.11 Å². The Morgan fingerprint density at radius 3 is 2.74 bits per heavy atom. The van der Waals surface area contributed by atoms with E-state index < -0.39 is 5.60 Å². The van der Waals surface area contributed by atoms with Crippen LogP contribution in [-0.4, -0.2) is 29.1 Å². The third kappa shape index (κ3) is 7.87. The van der Waals surface area contributed by atoms with Crippen LogP contribution in [0.3, 0.4) is 0 Å². The van der Waals surface area contributed by atoms with Crippen LogP contribution in [0.1, 0.15) is 30.9 Å². The molecule has 3 aromatic rings. The number of aliphatic imine (C=N–C) groups is 1. The van der Waals surface area contributed by atoms with Gasteiger partial charge in [-0.05, 0) is 55.8 Å². The highest BCUT2D eigenvalue weighted by atomic mass is 127. The standard InChI is InChI=1S/C23H28N4O3.HI/c1-3-24-22(27-17-23(2,28)21-11-7-13-29-21)26-15-18-8-6-10-20(14-18)30-16-19-9-4-5-12-25-19;/h4-14,28H,3,15-17H2,1-2H3,(H2,24,26,27);1H. The lowest BCUT2D eigenvalue weighted by atomic mass is 10.0. The zero-order chi connectivity index (χ0) is 21.2. The molecular weight excluding hydrogens is 507 g/mol. The number of furan rings is 1. The first-order chi connectivity index (χ1) is 14.6. The van der Waals surface area contributed by atoms with Gasteiger partial charge in [0.05, 0.1) is 25.0 Å². The van der Waals surface area contributed by atoms with Gasteiger partial charge in [0.1, 0.15) is 23.7 Å². The van der Waals surface area contributed by atoms with Crippen molar-refractivity contribution in [3.05, 3.63) is 84.1 Å². The van der Waals surface area contributed by atoms with Crippen molar-refractivity contribution in [2.24, 2.45) is 4.99 Å². The summed E-state index contributed by atoms with van der Waals surface area (Å²) in [5.41, 5.74) is 0.755. The third-order valence-electron chi connectivity index (χ3n) is 4.43. The number of aromatic nitrogens is 1. The van der Waals surface area contributed by atoms with E-state index in [1.54, 1.807) is 31.5 Å². The Hall–Kier alpha value is -2.59. The van der Waals surface area contributed by atoms with Crippen molar-refractivity contribution in [1.82, 2.24) is 15.6 Å². The Bertz CT molecular complexity index is 931. The Kier molecular flexibility index (Phi) is 9.80. The highest BCUT2D eigenvalue weighted by molar-refractivity contribution is 14.0. The molecule has 0 saturated heterocycles. The summed E-state index contributed by atoms with van der Waals surface area (Å²) in [5.74, 6) is 1.89. The van der Waals surface area contributed by atoms with Crippen LogP contribution >= 0.6 is 24.0 Å². The van der Waals surface area contributed by atoms with Crippen LogP contribution in [-0.2, 0) is 18.8 Å². The van der Waals surface area contributed by atoms with Crippen LogP contribution in [0.5, 0.6) is 5.75 Å². The summed E-state index contributed by atoms with van der Waals surface area (Å²) in [6.07, 6.45) is 3.30. The molecule has 0 bridgehead atoms. The SMILES string of the molecule is CCNC(=NCc1cccc(OCc2ccccn2)c1)NCC(C)(O)c1ccco1.I. The fraction of sp³-hybridized carbons (Fsp3) is 0.304. The summed E-state index contributed by atoms with van der Waals surface area (Å²) in [5, 5.41) is 17.0. The Labute approximate surface area is 200 Å². The minimum Gasteiger partial charge on any atom is -0.487 e. The number of rotatable bonds is 9.